The number of amides is 1. The van der Waals surface area contributed by atoms with Gasteiger partial charge in [-0.2, -0.15) is 4.68 Å². The molecule has 20 heavy (non-hydrogen) atoms. The van der Waals surface area contributed by atoms with Crippen molar-refractivity contribution in [2.45, 2.75) is 13.3 Å². The quantitative estimate of drug-likeness (QED) is 0.653. The summed E-state index contributed by atoms with van der Waals surface area (Å²) in [6.45, 7) is 1.87. The molecule has 0 aliphatic heterocycles. The monoisotopic (exact) mass is 279 g/mol. The van der Waals surface area contributed by atoms with Crippen molar-refractivity contribution in [1.29, 1.82) is 0 Å². The number of hydrogen-bond donors (Lipinski definition) is 2. The molecule has 10 heteroatoms. The van der Waals surface area contributed by atoms with Gasteiger partial charge in [0, 0.05) is 0 Å². The molecule has 106 valence electrons. The summed E-state index contributed by atoms with van der Waals surface area (Å²) in [4.78, 5) is 31.8. The van der Waals surface area contributed by atoms with E-state index in [1.54, 1.807) is 0 Å². The Balaban J connectivity index is 2.56. The number of imidazole rings is 1. The molecule has 0 saturated heterocycles. The van der Waals surface area contributed by atoms with Crippen LogP contribution in [0, 0.1) is 0 Å². The minimum absolute atomic E-state index is 0.0184. The Hall–Kier alpha value is -2.75. The first-order chi connectivity index (χ1) is 9.58. The van der Waals surface area contributed by atoms with Gasteiger partial charge in [0.05, 0.1) is 19.0 Å². The van der Waals surface area contributed by atoms with Gasteiger partial charge in [0.15, 0.2) is 11.3 Å². The number of primary amides is 1. The third-order valence-electron chi connectivity index (χ3n) is 2.51. The topological polar surface area (TPSA) is 129 Å². The van der Waals surface area contributed by atoms with Crippen molar-refractivity contribution in [3.05, 3.63) is 28.2 Å². The van der Waals surface area contributed by atoms with Crippen LogP contribution in [0.25, 0.3) is 11.8 Å². The zero-order valence-corrected chi connectivity index (χ0v) is 10.9. The molecular weight excluding hydrogens is 266 g/mol. The minimum atomic E-state index is -0.773. The van der Waals surface area contributed by atoms with Crippen molar-refractivity contribution in [3.63, 3.8) is 0 Å². The van der Waals surface area contributed by atoms with Gasteiger partial charge in [0.1, 0.15) is 6.33 Å². The Morgan fingerprint density at radius 3 is 2.95 bits per heavy atom. The van der Waals surface area contributed by atoms with Crippen LogP contribution in [0.5, 0.6) is 0 Å². The Morgan fingerprint density at radius 2 is 2.35 bits per heavy atom. The average molecular weight is 279 g/mol. The van der Waals surface area contributed by atoms with Crippen LogP contribution >= 0.6 is 0 Å². The second kappa shape index (κ2) is 5.48. The molecule has 0 unspecified atom stereocenters. The van der Waals surface area contributed by atoms with Crippen molar-refractivity contribution in [2.75, 3.05) is 7.11 Å². The van der Waals surface area contributed by atoms with E-state index in [2.05, 4.69) is 20.8 Å². The minimum Gasteiger partial charge on any atom is -0.364 e. The summed E-state index contributed by atoms with van der Waals surface area (Å²) in [5.74, 6) is -0.773. The second-order valence-electron chi connectivity index (χ2n) is 3.78. The maximum absolute atomic E-state index is 12.1. The highest BCUT2D eigenvalue weighted by atomic mass is 16.6. The van der Waals surface area contributed by atoms with Gasteiger partial charge >= 0.3 is 5.69 Å². The maximum atomic E-state index is 12.1. The van der Waals surface area contributed by atoms with Gasteiger partial charge in [0.25, 0.3) is 5.91 Å². The van der Waals surface area contributed by atoms with Gasteiger partial charge in [-0.25, -0.2) is 14.2 Å². The Labute approximate surface area is 112 Å². The molecule has 0 spiro atoms. The van der Waals surface area contributed by atoms with E-state index in [1.807, 2.05) is 6.92 Å². The van der Waals surface area contributed by atoms with Gasteiger partial charge < -0.3 is 5.73 Å². The number of rotatable bonds is 5. The summed E-state index contributed by atoms with van der Waals surface area (Å²) in [5, 5.41) is 7.48. The summed E-state index contributed by atoms with van der Waals surface area (Å²) >= 11 is 0. The Bertz CT molecular complexity index is 730. The van der Waals surface area contributed by atoms with Gasteiger partial charge in [-0.15, -0.1) is 5.10 Å². The van der Waals surface area contributed by atoms with Crippen LogP contribution in [0.2, 0.25) is 0 Å². The zero-order valence-electron chi connectivity index (χ0n) is 10.9. The second-order valence-corrected chi connectivity index (χ2v) is 3.78. The van der Waals surface area contributed by atoms with Crippen LogP contribution in [-0.4, -0.2) is 37.4 Å². The zero-order chi connectivity index (χ0) is 14.7. The number of allylic oxidation sites excluding steroid dienone is 1. The summed E-state index contributed by atoms with van der Waals surface area (Å²) in [7, 11) is 1.45. The first-order valence-electron chi connectivity index (χ1n) is 5.70. The van der Waals surface area contributed by atoms with E-state index in [-0.39, 0.29) is 11.3 Å². The lowest BCUT2D eigenvalue weighted by Crippen LogP contribution is -2.28. The number of nitrogens with zero attached hydrogens (tertiary/aromatic N) is 5. The first kappa shape index (κ1) is 13.7. The molecule has 2 aromatic heterocycles. The van der Waals surface area contributed by atoms with E-state index in [9.17, 15) is 9.59 Å². The molecule has 0 fully saturated rings. The van der Waals surface area contributed by atoms with E-state index in [1.165, 1.54) is 19.6 Å². The Morgan fingerprint density at radius 1 is 1.60 bits per heavy atom. The van der Waals surface area contributed by atoms with Crippen LogP contribution in [-0.2, 0) is 4.84 Å². The number of hydrogen-bond acceptors (Lipinski definition) is 7. The number of nitrogens with two attached hydrogens (primary N) is 1. The highest BCUT2D eigenvalue weighted by Crippen LogP contribution is 2.02. The van der Waals surface area contributed by atoms with Crippen molar-refractivity contribution in [3.8, 4) is 0 Å². The third-order valence-corrected chi connectivity index (χ3v) is 2.51. The fourth-order valence-corrected chi connectivity index (χ4v) is 1.54. The number of carbonyl (C=O) groups excluding carboxylic acids is 1. The molecule has 2 aromatic rings. The van der Waals surface area contributed by atoms with Gasteiger partial charge in [-0.3, -0.25) is 15.1 Å². The van der Waals surface area contributed by atoms with Gasteiger partial charge in [-0.05, 0) is 6.42 Å². The molecule has 1 amide bonds. The van der Waals surface area contributed by atoms with E-state index in [0.717, 1.165) is 9.08 Å². The van der Waals surface area contributed by atoms with E-state index in [4.69, 9.17) is 10.6 Å². The lowest BCUT2D eigenvalue weighted by atomic mass is 10.4. The molecule has 0 radical (unpaired) electrons. The largest absolute Gasteiger partial charge is 0.364 e. The number of nitrogens with one attached hydrogen (secondary N) is 1. The molecule has 10 nitrogen and oxygen atoms in total. The summed E-state index contributed by atoms with van der Waals surface area (Å²) in [6.07, 6.45) is 3.20. The fourth-order valence-electron chi connectivity index (χ4n) is 1.54. The predicted octanol–water partition coefficient (Wildman–Crippen LogP) is -1.26. The number of aromatic nitrogens is 5. The molecular formula is C10H13N7O3. The van der Waals surface area contributed by atoms with E-state index >= 15 is 0 Å². The molecule has 0 aromatic carbocycles. The maximum Gasteiger partial charge on any atom is 0.357 e. The van der Waals surface area contributed by atoms with Crippen molar-refractivity contribution in [1.82, 2.24) is 29.9 Å². The molecule has 3 N–H and O–H groups in total. The molecule has 0 atom stereocenters. The van der Waals surface area contributed by atoms with Crippen LogP contribution in [0.15, 0.2) is 16.8 Å². The molecule has 2 heterocycles. The highest BCUT2D eigenvalue weighted by molar-refractivity contribution is 5.96. The third kappa shape index (κ3) is 2.36. The first-order valence-corrected chi connectivity index (χ1v) is 5.70. The molecule has 0 aliphatic carbocycles. The lowest BCUT2D eigenvalue weighted by molar-refractivity contribution is 0.0997. The molecule has 0 aliphatic rings. The predicted molar refractivity (Wildman–Crippen MR) is 68.3 cm³/mol. The lowest BCUT2D eigenvalue weighted by Gasteiger charge is -2.06. The normalized spacial score (nSPS) is 11.8. The summed E-state index contributed by atoms with van der Waals surface area (Å²) < 4.78 is 2.09. The summed E-state index contributed by atoms with van der Waals surface area (Å²) in [6, 6.07) is 0. The number of hydroxylamine groups is 1. The van der Waals surface area contributed by atoms with Crippen molar-refractivity contribution in [2.24, 2.45) is 5.73 Å². The SMILES string of the molecule is CCC(=Cn1nnc2c(C(N)=O)ncn2c1=O)NOC. The van der Waals surface area contributed by atoms with E-state index in [0.29, 0.717) is 12.1 Å². The van der Waals surface area contributed by atoms with Gasteiger partial charge in [-0.1, -0.05) is 12.1 Å². The van der Waals surface area contributed by atoms with Crippen LogP contribution in [0.3, 0.4) is 0 Å². The molecule has 2 rings (SSSR count). The average Bonchev–Trinajstić information content (AvgIpc) is 2.85. The molecule has 0 saturated carbocycles. The standard InChI is InChI=1S/C10H13N7O3/c1-3-6(14-20-2)4-17-10(19)16-5-12-7(8(11)18)9(16)13-15-17/h4-5,14H,3H2,1-2H3,(H2,11,18). The van der Waals surface area contributed by atoms with E-state index < -0.39 is 11.6 Å². The van der Waals surface area contributed by atoms with Crippen molar-refractivity contribution < 1.29 is 9.63 Å². The van der Waals surface area contributed by atoms with Crippen LogP contribution in [0.1, 0.15) is 23.8 Å². The Kier molecular flexibility index (Phi) is 3.75. The van der Waals surface area contributed by atoms with Crippen molar-refractivity contribution >= 4 is 17.8 Å². The smallest absolute Gasteiger partial charge is 0.357 e. The van der Waals surface area contributed by atoms with Crippen LogP contribution in [0.4, 0.5) is 0 Å². The molecule has 0 bridgehead atoms. The van der Waals surface area contributed by atoms with Gasteiger partial charge in [0.2, 0.25) is 0 Å². The number of fused-ring (bicyclic) bond motifs is 1. The fraction of sp³-hybridized carbons (Fsp3) is 0.300. The highest BCUT2D eigenvalue weighted by Gasteiger charge is 2.14. The summed E-state index contributed by atoms with van der Waals surface area (Å²) in [5.41, 5.74) is 7.75. The number of carbonyl (C=O) groups is 1. The van der Waals surface area contributed by atoms with Crippen LogP contribution < -0.4 is 16.9 Å².